The van der Waals surface area contributed by atoms with Gasteiger partial charge in [0.05, 0.1) is 12.3 Å². The van der Waals surface area contributed by atoms with Crippen LogP contribution in [0.5, 0.6) is 5.75 Å². The van der Waals surface area contributed by atoms with Gasteiger partial charge in [-0.1, -0.05) is 0 Å². The minimum Gasteiger partial charge on any atom is -0.491 e. The second kappa shape index (κ2) is 5.95. The number of hydrogen-bond donors (Lipinski definition) is 2. The molecular formula is C11H15FN2O2. The van der Waals surface area contributed by atoms with Crippen LogP contribution in [0.3, 0.4) is 0 Å². The predicted molar refractivity (Wildman–Crippen MR) is 59.6 cm³/mol. The van der Waals surface area contributed by atoms with Crippen LogP contribution in [-0.4, -0.2) is 19.1 Å². The monoisotopic (exact) mass is 226 g/mol. The van der Waals surface area contributed by atoms with E-state index in [0.29, 0.717) is 25.3 Å². The molecule has 0 fully saturated rings. The van der Waals surface area contributed by atoms with E-state index >= 15 is 0 Å². The van der Waals surface area contributed by atoms with Crippen LogP contribution < -0.4 is 15.8 Å². The van der Waals surface area contributed by atoms with Crippen LogP contribution in [0.15, 0.2) is 18.2 Å². The number of nitrogens with one attached hydrogen (secondary N) is 1. The first-order chi connectivity index (χ1) is 7.59. The van der Waals surface area contributed by atoms with Crippen molar-refractivity contribution in [3.05, 3.63) is 24.0 Å². The number of nitrogens with two attached hydrogens (primary N) is 1. The van der Waals surface area contributed by atoms with Crippen LogP contribution in [0.1, 0.15) is 13.3 Å². The van der Waals surface area contributed by atoms with Crippen molar-refractivity contribution >= 4 is 11.6 Å². The topological polar surface area (TPSA) is 64.3 Å². The molecule has 0 radical (unpaired) electrons. The van der Waals surface area contributed by atoms with Crippen molar-refractivity contribution in [2.45, 2.75) is 13.3 Å². The van der Waals surface area contributed by atoms with Gasteiger partial charge in [0.25, 0.3) is 0 Å². The molecule has 0 aromatic heterocycles. The number of hydrogen-bond acceptors (Lipinski definition) is 3. The number of halogens is 1. The number of benzene rings is 1. The quantitative estimate of drug-likeness (QED) is 0.587. The fourth-order valence-corrected chi connectivity index (χ4v) is 1.17. The number of amides is 1. The van der Waals surface area contributed by atoms with Crippen molar-refractivity contribution in [2.75, 3.05) is 18.9 Å². The normalized spacial score (nSPS) is 9.88. The van der Waals surface area contributed by atoms with Crippen LogP contribution in [0.2, 0.25) is 0 Å². The molecule has 0 unspecified atom stereocenters. The standard InChI is InChI=1S/C11H15FN2O2/c1-8(15)14-5-2-6-16-11-4-3-9(12)7-10(11)13/h3-4,7H,2,5-6,13H2,1H3,(H,14,15). The molecule has 1 amide bonds. The maximum absolute atomic E-state index is 12.7. The lowest BCUT2D eigenvalue weighted by molar-refractivity contribution is -0.118. The van der Waals surface area contributed by atoms with Crippen molar-refractivity contribution in [3.8, 4) is 5.75 Å². The number of carbonyl (C=O) groups is 1. The maximum atomic E-state index is 12.7. The molecule has 0 saturated carbocycles. The molecule has 0 aliphatic rings. The molecule has 0 atom stereocenters. The number of carbonyl (C=O) groups excluding carboxylic acids is 1. The van der Waals surface area contributed by atoms with Crippen LogP contribution >= 0.6 is 0 Å². The van der Waals surface area contributed by atoms with Crippen molar-refractivity contribution in [2.24, 2.45) is 0 Å². The lowest BCUT2D eigenvalue weighted by Gasteiger charge is -2.08. The van der Waals surface area contributed by atoms with Gasteiger partial charge in [-0.15, -0.1) is 0 Å². The Morgan fingerprint density at radius 1 is 1.56 bits per heavy atom. The van der Waals surface area contributed by atoms with Gasteiger partial charge in [0.2, 0.25) is 5.91 Å². The smallest absolute Gasteiger partial charge is 0.216 e. The van der Waals surface area contributed by atoms with E-state index < -0.39 is 0 Å². The Kier molecular flexibility index (Phi) is 4.57. The zero-order valence-corrected chi connectivity index (χ0v) is 9.13. The Morgan fingerprint density at radius 3 is 2.94 bits per heavy atom. The Labute approximate surface area is 93.6 Å². The summed E-state index contributed by atoms with van der Waals surface area (Å²) in [7, 11) is 0. The second-order valence-electron chi connectivity index (χ2n) is 3.37. The molecular weight excluding hydrogens is 211 g/mol. The molecule has 0 spiro atoms. The highest BCUT2D eigenvalue weighted by Gasteiger charge is 2.01. The maximum Gasteiger partial charge on any atom is 0.216 e. The zero-order valence-electron chi connectivity index (χ0n) is 9.13. The lowest BCUT2D eigenvalue weighted by atomic mass is 10.3. The first kappa shape index (κ1) is 12.3. The molecule has 0 aliphatic heterocycles. The van der Waals surface area contributed by atoms with E-state index in [2.05, 4.69) is 5.32 Å². The van der Waals surface area contributed by atoms with Crippen LogP contribution in [0.4, 0.5) is 10.1 Å². The molecule has 0 aliphatic carbocycles. The SMILES string of the molecule is CC(=O)NCCCOc1ccc(F)cc1N. The number of nitrogen functional groups attached to an aromatic ring is 1. The van der Waals surface area contributed by atoms with Gasteiger partial charge in [0.1, 0.15) is 11.6 Å². The van der Waals surface area contributed by atoms with Gasteiger partial charge in [0.15, 0.2) is 0 Å². The number of anilines is 1. The Bertz CT molecular complexity index is 369. The van der Waals surface area contributed by atoms with Gasteiger partial charge in [0, 0.05) is 19.5 Å². The summed E-state index contributed by atoms with van der Waals surface area (Å²) in [5.74, 6) is 0.00798. The fourth-order valence-electron chi connectivity index (χ4n) is 1.17. The predicted octanol–water partition coefficient (Wildman–Crippen LogP) is 1.31. The Hall–Kier alpha value is -1.78. The first-order valence-electron chi connectivity index (χ1n) is 5.02. The molecule has 1 aromatic rings. The second-order valence-corrected chi connectivity index (χ2v) is 3.37. The summed E-state index contributed by atoms with van der Waals surface area (Å²) in [4.78, 5) is 10.6. The third kappa shape index (κ3) is 4.16. The molecule has 4 nitrogen and oxygen atoms in total. The van der Waals surface area contributed by atoms with Gasteiger partial charge in [-0.2, -0.15) is 0 Å². The van der Waals surface area contributed by atoms with E-state index in [1.165, 1.54) is 25.1 Å². The average molecular weight is 226 g/mol. The fraction of sp³-hybridized carbons (Fsp3) is 0.364. The molecule has 1 aromatic carbocycles. The van der Waals surface area contributed by atoms with E-state index in [9.17, 15) is 9.18 Å². The highest BCUT2D eigenvalue weighted by Crippen LogP contribution is 2.21. The van der Waals surface area contributed by atoms with Crippen molar-refractivity contribution in [1.29, 1.82) is 0 Å². The highest BCUT2D eigenvalue weighted by atomic mass is 19.1. The molecule has 0 heterocycles. The summed E-state index contributed by atoms with van der Waals surface area (Å²) in [5.41, 5.74) is 5.83. The molecule has 5 heteroatoms. The third-order valence-electron chi connectivity index (χ3n) is 1.92. The summed E-state index contributed by atoms with van der Waals surface area (Å²) in [5, 5.41) is 2.65. The van der Waals surface area contributed by atoms with Gasteiger partial charge in [-0.25, -0.2) is 4.39 Å². The first-order valence-corrected chi connectivity index (χ1v) is 5.02. The summed E-state index contributed by atoms with van der Waals surface area (Å²) < 4.78 is 18.0. The third-order valence-corrected chi connectivity index (χ3v) is 1.92. The molecule has 1 rings (SSSR count). The van der Waals surface area contributed by atoms with Gasteiger partial charge in [-0.3, -0.25) is 4.79 Å². The molecule has 3 N–H and O–H groups in total. The summed E-state index contributed by atoms with van der Waals surface area (Å²) in [6.07, 6.45) is 0.677. The van der Waals surface area contributed by atoms with Crippen molar-refractivity contribution in [3.63, 3.8) is 0 Å². The minimum absolute atomic E-state index is 0.0682. The summed E-state index contributed by atoms with van der Waals surface area (Å²) >= 11 is 0. The number of rotatable bonds is 5. The van der Waals surface area contributed by atoms with Gasteiger partial charge >= 0.3 is 0 Å². The van der Waals surface area contributed by atoms with Crippen LogP contribution in [0, 0.1) is 5.82 Å². The van der Waals surface area contributed by atoms with Crippen LogP contribution in [-0.2, 0) is 4.79 Å². The van der Waals surface area contributed by atoms with E-state index in [1.54, 1.807) is 0 Å². The van der Waals surface area contributed by atoms with Crippen LogP contribution in [0.25, 0.3) is 0 Å². The largest absolute Gasteiger partial charge is 0.491 e. The Morgan fingerprint density at radius 2 is 2.31 bits per heavy atom. The van der Waals surface area contributed by atoms with E-state index in [1.807, 2.05) is 0 Å². The van der Waals surface area contributed by atoms with E-state index in [-0.39, 0.29) is 17.4 Å². The molecule has 0 saturated heterocycles. The molecule has 0 bridgehead atoms. The Balaban J connectivity index is 2.29. The van der Waals surface area contributed by atoms with E-state index in [0.717, 1.165) is 0 Å². The summed E-state index contributed by atoms with van der Waals surface area (Å²) in [6, 6.07) is 3.99. The zero-order chi connectivity index (χ0) is 12.0. The van der Waals surface area contributed by atoms with Gasteiger partial charge in [-0.05, 0) is 18.6 Å². The minimum atomic E-state index is -0.386. The molecule has 16 heavy (non-hydrogen) atoms. The van der Waals surface area contributed by atoms with E-state index in [4.69, 9.17) is 10.5 Å². The number of ether oxygens (including phenoxy) is 1. The molecule has 88 valence electrons. The van der Waals surface area contributed by atoms with Crippen molar-refractivity contribution in [1.82, 2.24) is 5.32 Å². The van der Waals surface area contributed by atoms with Gasteiger partial charge < -0.3 is 15.8 Å². The average Bonchev–Trinajstić information content (AvgIpc) is 2.20. The highest BCUT2D eigenvalue weighted by molar-refractivity contribution is 5.72. The lowest BCUT2D eigenvalue weighted by Crippen LogP contribution is -2.22. The van der Waals surface area contributed by atoms with Crippen molar-refractivity contribution < 1.29 is 13.9 Å². The summed E-state index contributed by atoms with van der Waals surface area (Å²) in [6.45, 7) is 2.44.